The summed E-state index contributed by atoms with van der Waals surface area (Å²) in [6.45, 7) is 6.24. The minimum atomic E-state index is 0.375. The number of aryl methyl sites for hydroxylation is 1. The van der Waals surface area contributed by atoms with E-state index >= 15 is 0 Å². The first kappa shape index (κ1) is 12.2. The molecule has 4 nitrogen and oxygen atoms in total. The first-order valence-electron chi connectivity index (χ1n) is 6.65. The molecule has 1 atom stereocenters. The third-order valence-electron chi connectivity index (χ3n) is 3.93. The lowest BCUT2D eigenvalue weighted by Gasteiger charge is -2.11. The summed E-state index contributed by atoms with van der Waals surface area (Å²) in [6.07, 6.45) is 0. The molecule has 0 saturated carbocycles. The Morgan fingerprint density at radius 2 is 2.16 bits per heavy atom. The van der Waals surface area contributed by atoms with E-state index in [0.717, 1.165) is 30.2 Å². The molecule has 2 heterocycles. The Balaban J connectivity index is 1.88. The largest absolute Gasteiger partial charge is 0.493 e. The normalized spacial score (nSPS) is 17.3. The molecule has 4 heteroatoms. The second kappa shape index (κ2) is 4.70. The number of fused-ring (bicyclic) bond motifs is 1. The first-order valence-corrected chi connectivity index (χ1v) is 6.65. The van der Waals surface area contributed by atoms with Crippen molar-refractivity contribution in [1.82, 2.24) is 9.78 Å². The molecule has 0 aliphatic carbocycles. The molecule has 1 aromatic carbocycles. The van der Waals surface area contributed by atoms with Crippen molar-refractivity contribution in [2.45, 2.75) is 32.9 Å². The van der Waals surface area contributed by atoms with Crippen molar-refractivity contribution in [1.29, 1.82) is 0 Å². The third kappa shape index (κ3) is 2.02. The number of aromatic nitrogens is 2. The Morgan fingerprint density at radius 1 is 1.37 bits per heavy atom. The zero-order valence-electron chi connectivity index (χ0n) is 11.4. The molecule has 1 aliphatic heterocycles. The Kier molecular flexibility index (Phi) is 3.03. The molecule has 1 aromatic heterocycles. The monoisotopic (exact) mass is 257 g/mol. The molecule has 100 valence electrons. The van der Waals surface area contributed by atoms with E-state index in [0.29, 0.717) is 12.5 Å². The highest BCUT2D eigenvalue weighted by atomic mass is 16.5. The Hall–Kier alpha value is -1.81. The van der Waals surface area contributed by atoms with Gasteiger partial charge in [-0.1, -0.05) is 18.2 Å². The van der Waals surface area contributed by atoms with Crippen molar-refractivity contribution in [3.63, 3.8) is 0 Å². The lowest BCUT2D eigenvalue weighted by Crippen LogP contribution is -2.13. The summed E-state index contributed by atoms with van der Waals surface area (Å²) in [4.78, 5) is 0. The maximum Gasteiger partial charge on any atom is 0.122 e. The quantitative estimate of drug-likeness (QED) is 0.916. The third-order valence-corrected chi connectivity index (χ3v) is 3.93. The number of ether oxygens (including phenoxy) is 1. The van der Waals surface area contributed by atoms with Gasteiger partial charge < -0.3 is 10.5 Å². The zero-order valence-corrected chi connectivity index (χ0v) is 11.4. The van der Waals surface area contributed by atoms with E-state index in [4.69, 9.17) is 10.5 Å². The number of nitrogens with two attached hydrogens (primary N) is 1. The maximum absolute atomic E-state index is 5.77. The summed E-state index contributed by atoms with van der Waals surface area (Å²) in [6, 6.07) is 8.24. The van der Waals surface area contributed by atoms with E-state index in [9.17, 15) is 0 Å². The van der Waals surface area contributed by atoms with Gasteiger partial charge in [0.1, 0.15) is 5.75 Å². The van der Waals surface area contributed by atoms with Gasteiger partial charge in [0.15, 0.2) is 0 Å². The average molecular weight is 257 g/mol. The van der Waals surface area contributed by atoms with Crippen molar-refractivity contribution in [2.75, 3.05) is 6.61 Å². The fourth-order valence-electron chi connectivity index (χ4n) is 2.80. The minimum Gasteiger partial charge on any atom is -0.493 e. The van der Waals surface area contributed by atoms with E-state index in [-0.39, 0.29) is 0 Å². The fourth-order valence-corrected chi connectivity index (χ4v) is 2.80. The van der Waals surface area contributed by atoms with Crippen LogP contribution in [0.15, 0.2) is 24.3 Å². The highest BCUT2D eigenvalue weighted by Crippen LogP contribution is 2.34. The van der Waals surface area contributed by atoms with Crippen molar-refractivity contribution < 1.29 is 4.74 Å². The van der Waals surface area contributed by atoms with E-state index in [1.54, 1.807) is 0 Å². The molecule has 1 unspecified atom stereocenters. The van der Waals surface area contributed by atoms with Gasteiger partial charge in [-0.3, -0.25) is 4.68 Å². The van der Waals surface area contributed by atoms with Crippen LogP contribution < -0.4 is 10.5 Å². The van der Waals surface area contributed by atoms with E-state index < -0.39 is 0 Å². The molecule has 0 amide bonds. The van der Waals surface area contributed by atoms with Crippen LogP contribution in [-0.4, -0.2) is 16.4 Å². The second-order valence-electron chi connectivity index (χ2n) is 5.08. The van der Waals surface area contributed by atoms with Crippen LogP contribution in [0.25, 0.3) is 0 Å². The van der Waals surface area contributed by atoms with E-state index in [2.05, 4.69) is 28.8 Å². The van der Waals surface area contributed by atoms with Crippen LogP contribution in [0.5, 0.6) is 5.75 Å². The maximum atomic E-state index is 5.77. The molecular weight excluding hydrogens is 238 g/mol. The molecule has 3 rings (SSSR count). The summed E-state index contributed by atoms with van der Waals surface area (Å²) in [5.41, 5.74) is 10.4. The Bertz CT molecular complexity index is 603. The number of nitrogens with zero attached hydrogens (tertiary/aromatic N) is 2. The van der Waals surface area contributed by atoms with Gasteiger partial charge in [-0.05, 0) is 19.9 Å². The van der Waals surface area contributed by atoms with Crippen LogP contribution in [0.2, 0.25) is 0 Å². The lowest BCUT2D eigenvalue weighted by atomic mass is 10.0. The van der Waals surface area contributed by atoms with Gasteiger partial charge in [-0.2, -0.15) is 5.10 Å². The average Bonchev–Trinajstić information content (AvgIpc) is 2.93. The van der Waals surface area contributed by atoms with Crippen molar-refractivity contribution >= 4 is 0 Å². The van der Waals surface area contributed by atoms with Crippen molar-refractivity contribution in [3.05, 3.63) is 46.8 Å². The van der Waals surface area contributed by atoms with E-state index in [1.165, 1.54) is 11.3 Å². The number of para-hydroxylation sites is 1. The molecule has 0 fully saturated rings. The molecule has 2 N–H and O–H groups in total. The molecule has 2 aromatic rings. The van der Waals surface area contributed by atoms with Gasteiger partial charge in [0.05, 0.1) is 18.8 Å². The summed E-state index contributed by atoms with van der Waals surface area (Å²) < 4.78 is 7.78. The van der Waals surface area contributed by atoms with Crippen LogP contribution in [-0.2, 0) is 13.1 Å². The predicted molar refractivity (Wildman–Crippen MR) is 74.3 cm³/mol. The number of hydrogen-bond donors (Lipinski definition) is 1. The first-order chi connectivity index (χ1) is 9.20. The van der Waals surface area contributed by atoms with Crippen LogP contribution >= 0.6 is 0 Å². The molecule has 0 radical (unpaired) electrons. The van der Waals surface area contributed by atoms with Gasteiger partial charge in [0.25, 0.3) is 0 Å². The molecule has 0 saturated heterocycles. The minimum absolute atomic E-state index is 0.375. The Morgan fingerprint density at radius 3 is 2.89 bits per heavy atom. The number of benzene rings is 1. The molecule has 1 aliphatic rings. The van der Waals surface area contributed by atoms with Gasteiger partial charge in [0, 0.05) is 29.3 Å². The zero-order chi connectivity index (χ0) is 13.4. The second-order valence-corrected chi connectivity index (χ2v) is 5.08. The van der Waals surface area contributed by atoms with Crippen LogP contribution in [0.3, 0.4) is 0 Å². The smallest absolute Gasteiger partial charge is 0.122 e. The number of hydrogen-bond acceptors (Lipinski definition) is 3. The van der Waals surface area contributed by atoms with Gasteiger partial charge in [-0.25, -0.2) is 0 Å². The van der Waals surface area contributed by atoms with Gasteiger partial charge in [-0.15, -0.1) is 0 Å². The molecule has 0 bridgehead atoms. The summed E-state index contributed by atoms with van der Waals surface area (Å²) in [5.74, 6) is 1.38. The van der Waals surface area contributed by atoms with E-state index in [1.807, 2.05) is 19.1 Å². The summed E-state index contributed by atoms with van der Waals surface area (Å²) in [5, 5.41) is 4.60. The van der Waals surface area contributed by atoms with Gasteiger partial charge >= 0.3 is 0 Å². The molecule has 19 heavy (non-hydrogen) atoms. The van der Waals surface area contributed by atoms with Crippen molar-refractivity contribution in [2.24, 2.45) is 5.73 Å². The highest BCUT2D eigenvalue weighted by molar-refractivity contribution is 5.39. The van der Waals surface area contributed by atoms with Crippen LogP contribution in [0, 0.1) is 13.8 Å². The summed E-state index contributed by atoms with van der Waals surface area (Å²) >= 11 is 0. The number of rotatable bonds is 3. The highest BCUT2D eigenvalue weighted by Gasteiger charge is 2.25. The topological polar surface area (TPSA) is 53.1 Å². The van der Waals surface area contributed by atoms with Gasteiger partial charge in [0.2, 0.25) is 0 Å². The standard InChI is InChI=1S/C15H19N3O/c1-10-14(7-16)11(2)18(17-10)8-12-9-19-15-6-4-3-5-13(12)15/h3-6,12H,7-9,16H2,1-2H3. The molecular formula is C15H19N3O. The summed E-state index contributed by atoms with van der Waals surface area (Å²) in [7, 11) is 0. The molecule has 0 spiro atoms. The SMILES string of the molecule is Cc1nn(CC2COc3ccccc32)c(C)c1CN. The predicted octanol–water partition coefficient (Wildman–Crippen LogP) is 2.13. The van der Waals surface area contributed by atoms with Crippen LogP contribution in [0.1, 0.15) is 28.4 Å². The lowest BCUT2D eigenvalue weighted by molar-refractivity contribution is 0.314. The van der Waals surface area contributed by atoms with Crippen molar-refractivity contribution in [3.8, 4) is 5.75 Å². The van der Waals surface area contributed by atoms with Crippen LogP contribution in [0.4, 0.5) is 0 Å². The fraction of sp³-hybridized carbons (Fsp3) is 0.400. The Labute approximate surface area is 113 Å².